The molecule has 1 atom stereocenters. The number of hydrogen-bond donors (Lipinski definition) is 2. The summed E-state index contributed by atoms with van der Waals surface area (Å²) in [4.78, 5) is 8.21. The summed E-state index contributed by atoms with van der Waals surface area (Å²) >= 11 is 0. The van der Waals surface area contributed by atoms with E-state index in [-0.39, 0.29) is 0 Å². The van der Waals surface area contributed by atoms with Crippen LogP contribution in [0.2, 0.25) is 0 Å². The highest BCUT2D eigenvalue weighted by Crippen LogP contribution is 2.22. The summed E-state index contributed by atoms with van der Waals surface area (Å²) in [6.07, 6.45) is 3.07. The Balaban J connectivity index is 2.40. The molecule has 2 rings (SSSR count). The predicted molar refractivity (Wildman–Crippen MR) is 63.7 cm³/mol. The highest BCUT2D eigenvalue weighted by molar-refractivity contribution is 5.37. The number of anilines is 1. The third-order valence-electron chi connectivity index (χ3n) is 2.36. The molecular formula is C12H11N5. The van der Waals surface area contributed by atoms with Crippen LogP contribution in [-0.4, -0.2) is 9.97 Å². The molecule has 5 nitrogen and oxygen atoms in total. The highest BCUT2D eigenvalue weighted by Gasteiger charge is 2.15. The Labute approximate surface area is 98.9 Å². The lowest BCUT2D eigenvalue weighted by Crippen LogP contribution is -2.11. The number of nitrogens with zero attached hydrogens (tertiary/aromatic N) is 3. The number of nitrogen functional groups attached to an aromatic ring is 1. The van der Waals surface area contributed by atoms with Crippen LogP contribution in [0.25, 0.3) is 0 Å². The fraction of sp³-hybridized carbons (Fsp3) is 0.0833. The van der Waals surface area contributed by atoms with Crippen molar-refractivity contribution in [3.63, 3.8) is 0 Å². The van der Waals surface area contributed by atoms with Gasteiger partial charge >= 0.3 is 0 Å². The van der Waals surface area contributed by atoms with Gasteiger partial charge in [-0.1, -0.05) is 30.3 Å². The molecule has 0 bridgehead atoms. The minimum atomic E-state index is -0.433. The maximum absolute atomic E-state index is 9.23. The summed E-state index contributed by atoms with van der Waals surface area (Å²) in [6, 6.07) is 11.7. The Morgan fingerprint density at radius 3 is 2.65 bits per heavy atom. The monoisotopic (exact) mass is 225 g/mol. The molecule has 0 saturated carbocycles. The quantitative estimate of drug-likeness (QED) is 0.609. The Morgan fingerprint density at radius 2 is 2.00 bits per heavy atom. The summed E-state index contributed by atoms with van der Waals surface area (Å²) in [5.74, 6) is 5.27. The molecule has 0 aliphatic rings. The topological polar surface area (TPSA) is 87.6 Å². The lowest BCUT2D eigenvalue weighted by molar-refractivity contribution is 0.941. The second kappa shape index (κ2) is 5.05. The Bertz CT molecular complexity index is 532. The van der Waals surface area contributed by atoms with Crippen LogP contribution in [0.3, 0.4) is 0 Å². The number of rotatable bonds is 3. The van der Waals surface area contributed by atoms with Gasteiger partial charge in [0.05, 0.1) is 24.2 Å². The molecule has 2 aromatic rings. The van der Waals surface area contributed by atoms with E-state index in [1.807, 2.05) is 30.3 Å². The van der Waals surface area contributed by atoms with E-state index < -0.39 is 5.92 Å². The van der Waals surface area contributed by atoms with Crippen molar-refractivity contribution in [1.29, 1.82) is 5.26 Å². The second-order valence-corrected chi connectivity index (χ2v) is 3.45. The summed E-state index contributed by atoms with van der Waals surface area (Å²) in [5, 5.41) is 9.23. The lowest BCUT2D eigenvalue weighted by Gasteiger charge is -2.09. The van der Waals surface area contributed by atoms with Crippen molar-refractivity contribution in [3.8, 4) is 6.07 Å². The molecule has 1 aromatic heterocycles. The molecule has 0 radical (unpaired) electrons. The van der Waals surface area contributed by atoms with Gasteiger partial charge in [-0.3, -0.25) is 4.98 Å². The Morgan fingerprint density at radius 1 is 1.24 bits per heavy atom. The number of hydrogen-bond acceptors (Lipinski definition) is 5. The van der Waals surface area contributed by atoms with Crippen LogP contribution in [0.1, 0.15) is 17.2 Å². The van der Waals surface area contributed by atoms with Crippen molar-refractivity contribution in [2.75, 3.05) is 5.43 Å². The van der Waals surface area contributed by atoms with Crippen molar-refractivity contribution in [1.82, 2.24) is 9.97 Å². The average molecular weight is 225 g/mol. The summed E-state index contributed by atoms with van der Waals surface area (Å²) in [7, 11) is 0. The van der Waals surface area contributed by atoms with Gasteiger partial charge in [-0.15, -0.1) is 0 Å². The molecular weight excluding hydrogens is 214 g/mol. The van der Waals surface area contributed by atoms with Crippen molar-refractivity contribution >= 4 is 5.82 Å². The maximum atomic E-state index is 9.23. The van der Waals surface area contributed by atoms with Gasteiger partial charge in [0.2, 0.25) is 0 Å². The molecule has 0 aliphatic carbocycles. The minimum absolute atomic E-state index is 0.433. The van der Waals surface area contributed by atoms with E-state index in [9.17, 15) is 5.26 Å². The molecule has 0 amide bonds. The van der Waals surface area contributed by atoms with Crippen LogP contribution in [0.4, 0.5) is 5.82 Å². The molecule has 0 aliphatic heterocycles. The number of benzene rings is 1. The van der Waals surface area contributed by atoms with E-state index in [1.54, 1.807) is 6.20 Å². The van der Waals surface area contributed by atoms with E-state index in [0.717, 1.165) is 5.56 Å². The van der Waals surface area contributed by atoms with E-state index >= 15 is 0 Å². The molecule has 0 spiro atoms. The van der Waals surface area contributed by atoms with Gasteiger partial charge in [-0.25, -0.2) is 10.8 Å². The largest absolute Gasteiger partial charge is 0.307 e. The summed E-state index contributed by atoms with van der Waals surface area (Å²) < 4.78 is 0. The average Bonchev–Trinajstić information content (AvgIpc) is 2.41. The van der Waals surface area contributed by atoms with Gasteiger partial charge in [0.15, 0.2) is 5.82 Å². The fourth-order valence-corrected chi connectivity index (χ4v) is 1.55. The predicted octanol–water partition coefficient (Wildman–Crippen LogP) is 1.42. The number of hydrazine groups is 1. The van der Waals surface area contributed by atoms with Crippen LogP contribution >= 0.6 is 0 Å². The maximum Gasteiger partial charge on any atom is 0.158 e. The second-order valence-electron chi connectivity index (χ2n) is 3.45. The van der Waals surface area contributed by atoms with Gasteiger partial charge in [-0.05, 0) is 5.56 Å². The van der Waals surface area contributed by atoms with E-state index in [4.69, 9.17) is 5.84 Å². The van der Waals surface area contributed by atoms with Gasteiger partial charge in [0.25, 0.3) is 0 Å². The zero-order chi connectivity index (χ0) is 12.1. The van der Waals surface area contributed by atoms with Gasteiger partial charge in [0.1, 0.15) is 5.92 Å². The van der Waals surface area contributed by atoms with Crippen molar-refractivity contribution in [2.45, 2.75) is 5.92 Å². The van der Waals surface area contributed by atoms with Crippen LogP contribution < -0.4 is 11.3 Å². The number of nitrogens with one attached hydrogen (secondary N) is 1. The summed E-state index contributed by atoms with van der Waals surface area (Å²) in [6.45, 7) is 0. The molecule has 84 valence electrons. The molecule has 0 saturated heterocycles. The van der Waals surface area contributed by atoms with Crippen molar-refractivity contribution in [3.05, 3.63) is 54.0 Å². The third kappa shape index (κ3) is 2.38. The van der Waals surface area contributed by atoms with Gasteiger partial charge in [-0.2, -0.15) is 5.26 Å². The van der Waals surface area contributed by atoms with Crippen molar-refractivity contribution in [2.24, 2.45) is 5.84 Å². The fourth-order valence-electron chi connectivity index (χ4n) is 1.55. The number of aromatic nitrogens is 2. The van der Waals surface area contributed by atoms with Crippen LogP contribution in [0.15, 0.2) is 42.7 Å². The zero-order valence-electron chi connectivity index (χ0n) is 9.04. The van der Waals surface area contributed by atoms with E-state index in [0.29, 0.717) is 11.5 Å². The van der Waals surface area contributed by atoms with Crippen LogP contribution in [-0.2, 0) is 0 Å². The molecule has 1 heterocycles. The SMILES string of the molecule is N#CC(c1ccccc1)c1cncc(NN)n1. The first-order chi connectivity index (χ1) is 8.35. The number of nitrogens with two attached hydrogens (primary N) is 1. The Kier molecular flexibility index (Phi) is 3.28. The van der Waals surface area contributed by atoms with Crippen LogP contribution in [0.5, 0.6) is 0 Å². The molecule has 0 fully saturated rings. The first-order valence-electron chi connectivity index (χ1n) is 5.08. The smallest absolute Gasteiger partial charge is 0.158 e. The highest BCUT2D eigenvalue weighted by atomic mass is 15.3. The zero-order valence-corrected chi connectivity index (χ0v) is 9.04. The molecule has 3 N–H and O–H groups in total. The van der Waals surface area contributed by atoms with Gasteiger partial charge in [0, 0.05) is 0 Å². The number of nitriles is 1. The van der Waals surface area contributed by atoms with E-state index in [1.165, 1.54) is 6.20 Å². The van der Waals surface area contributed by atoms with Gasteiger partial charge < -0.3 is 5.43 Å². The third-order valence-corrected chi connectivity index (χ3v) is 2.36. The summed E-state index contributed by atoms with van der Waals surface area (Å²) in [5.41, 5.74) is 3.88. The molecule has 17 heavy (non-hydrogen) atoms. The van der Waals surface area contributed by atoms with Crippen LogP contribution in [0, 0.1) is 11.3 Å². The van der Waals surface area contributed by atoms with Crippen molar-refractivity contribution < 1.29 is 0 Å². The first-order valence-corrected chi connectivity index (χ1v) is 5.08. The standard InChI is InChI=1S/C12H11N5/c13-6-10(9-4-2-1-3-5-9)11-7-15-8-12(16-11)17-14/h1-5,7-8,10H,14H2,(H,16,17). The Hall–Kier alpha value is -2.45. The first kappa shape index (κ1) is 11.0. The minimum Gasteiger partial charge on any atom is -0.307 e. The molecule has 1 unspecified atom stereocenters. The van der Waals surface area contributed by atoms with E-state index in [2.05, 4.69) is 21.5 Å². The lowest BCUT2D eigenvalue weighted by atomic mass is 9.98. The molecule has 5 heteroatoms. The molecule has 1 aromatic carbocycles. The normalized spacial score (nSPS) is 11.5.